The van der Waals surface area contributed by atoms with E-state index in [1.807, 2.05) is 18.2 Å². The number of pyridine rings is 1. The normalized spacial score (nSPS) is 21.2. The molecule has 1 N–H and O–H groups in total. The predicted octanol–water partition coefficient (Wildman–Crippen LogP) is 2.27. The van der Waals surface area contributed by atoms with E-state index in [4.69, 9.17) is 0 Å². The summed E-state index contributed by atoms with van der Waals surface area (Å²) < 4.78 is 23.2. The van der Waals surface area contributed by atoms with Crippen LogP contribution in [0, 0.1) is 0 Å². The third-order valence-electron chi connectivity index (χ3n) is 4.94. The fourth-order valence-corrected chi connectivity index (χ4v) is 5.35. The van der Waals surface area contributed by atoms with Gasteiger partial charge < -0.3 is 10.2 Å². The third kappa shape index (κ3) is 3.44. The minimum atomic E-state index is -2.95. The van der Waals surface area contributed by atoms with Crippen LogP contribution < -0.4 is 10.2 Å². The Kier molecular flexibility index (Phi) is 4.40. The second kappa shape index (κ2) is 6.72. The van der Waals surface area contributed by atoms with Crippen molar-refractivity contribution in [3.63, 3.8) is 0 Å². The van der Waals surface area contributed by atoms with Crippen molar-refractivity contribution in [1.29, 1.82) is 0 Å². The molecule has 2 aliphatic rings. The van der Waals surface area contributed by atoms with E-state index in [-0.39, 0.29) is 23.5 Å². The molecule has 0 spiro atoms. The number of sulfone groups is 1. The fraction of sp³-hybridized carbons (Fsp3) is 0.368. The van der Waals surface area contributed by atoms with Gasteiger partial charge >= 0.3 is 0 Å². The van der Waals surface area contributed by atoms with Gasteiger partial charge in [0.1, 0.15) is 0 Å². The summed E-state index contributed by atoms with van der Waals surface area (Å²) in [6, 6.07) is 9.62. The zero-order chi connectivity index (χ0) is 18.1. The van der Waals surface area contributed by atoms with Crippen LogP contribution in [0.5, 0.6) is 0 Å². The lowest BCUT2D eigenvalue weighted by Crippen LogP contribution is -2.35. The summed E-state index contributed by atoms with van der Waals surface area (Å²) >= 11 is 0. The molecule has 0 radical (unpaired) electrons. The van der Waals surface area contributed by atoms with Gasteiger partial charge in [-0.3, -0.25) is 9.78 Å². The van der Waals surface area contributed by atoms with Crippen molar-refractivity contribution >= 4 is 27.1 Å². The molecular weight excluding hydrogens is 350 g/mol. The molecule has 0 bridgehead atoms. The molecule has 0 aliphatic carbocycles. The van der Waals surface area contributed by atoms with Crippen LogP contribution in [-0.4, -0.2) is 43.4 Å². The van der Waals surface area contributed by atoms with E-state index in [2.05, 4.69) is 16.4 Å². The van der Waals surface area contributed by atoms with Crippen LogP contribution in [0.2, 0.25) is 0 Å². The van der Waals surface area contributed by atoms with Crippen LogP contribution in [0.3, 0.4) is 0 Å². The second-order valence-electron chi connectivity index (χ2n) is 6.90. The van der Waals surface area contributed by atoms with Gasteiger partial charge in [-0.25, -0.2) is 8.42 Å². The number of para-hydroxylation sites is 1. The standard InChI is InChI=1S/C19H21N3O3S/c23-19(22-8-3-5-14-4-1-2-6-18(14)22)15-10-17(12-20-11-15)21-16-7-9-26(24,25)13-16/h1-2,4,6,10-12,16,21H,3,5,7-9,13H2. The number of nitrogens with one attached hydrogen (secondary N) is 1. The van der Waals surface area contributed by atoms with Crippen LogP contribution in [0.1, 0.15) is 28.8 Å². The predicted molar refractivity (Wildman–Crippen MR) is 101 cm³/mol. The summed E-state index contributed by atoms with van der Waals surface area (Å²) in [7, 11) is -2.95. The molecular formula is C19H21N3O3S. The molecule has 4 rings (SSSR count). The van der Waals surface area contributed by atoms with Crippen LogP contribution in [-0.2, 0) is 16.3 Å². The summed E-state index contributed by atoms with van der Waals surface area (Å²) in [5.74, 6) is 0.263. The van der Waals surface area contributed by atoms with Gasteiger partial charge in [0.25, 0.3) is 5.91 Å². The van der Waals surface area contributed by atoms with Gasteiger partial charge in [-0.15, -0.1) is 0 Å². The number of carbonyl (C=O) groups is 1. The summed E-state index contributed by atoms with van der Waals surface area (Å²) in [6.07, 6.45) is 5.70. The number of anilines is 2. The molecule has 1 fully saturated rings. The number of hydrogen-bond acceptors (Lipinski definition) is 5. The van der Waals surface area contributed by atoms with E-state index in [1.165, 1.54) is 5.56 Å². The van der Waals surface area contributed by atoms with Crippen molar-refractivity contribution < 1.29 is 13.2 Å². The van der Waals surface area contributed by atoms with Crippen molar-refractivity contribution in [2.45, 2.75) is 25.3 Å². The molecule has 1 saturated heterocycles. The Hall–Kier alpha value is -2.41. The van der Waals surface area contributed by atoms with E-state index >= 15 is 0 Å². The highest BCUT2D eigenvalue weighted by Crippen LogP contribution is 2.28. The molecule has 2 aromatic rings. The Morgan fingerprint density at radius 1 is 1.23 bits per heavy atom. The number of amides is 1. The van der Waals surface area contributed by atoms with Crippen LogP contribution in [0.15, 0.2) is 42.7 Å². The Morgan fingerprint density at radius 2 is 2.08 bits per heavy atom. The van der Waals surface area contributed by atoms with Gasteiger partial charge in [0.15, 0.2) is 9.84 Å². The zero-order valence-corrected chi connectivity index (χ0v) is 15.2. The molecule has 1 aromatic heterocycles. The molecule has 1 atom stereocenters. The molecule has 136 valence electrons. The summed E-state index contributed by atoms with van der Waals surface area (Å²) in [5.41, 5.74) is 3.34. The van der Waals surface area contributed by atoms with Gasteiger partial charge in [0.05, 0.1) is 22.8 Å². The number of benzene rings is 1. The highest BCUT2D eigenvalue weighted by atomic mass is 32.2. The highest BCUT2D eigenvalue weighted by Gasteiger charge is 2.28. The van der Waals surface area contributed by atoms with Crippen molar-refractivity contribution in [2.75, 3.05) is 28.3 Å². The number of nitrogens with zero attached hydrogens (tertiary/aromatic N) is 2. The van der Waals surface area contributed by atoms with E-state index < -0.39 is 9.84 Å². The lowest BCUT2D eigenvalue weighted by Gasteiger charge is -2.29. The second-order valence-corrected chi connectivity index (χ2v) is 9.12. The first kappa shape index (κ1) is 17.0. The first-order valence-electron chi connectivity index (χ1n) is 8.84. The number of rotatable bonds is 3. The molecule has 7 heteroatoms. The molecule has 2 aliphatic heterocycles. The van der Waals surface area contributed by atoms with E-state index in [1.54, 1.807) is 23.4 Å². The molecule has 1 unspecified atom stereocenters. The van der Waals surface area contributed by atoms with Crippen molar-refractivity contribution in [2.24, 2.45) is 0 Å². The lowest BCUT2D eigenvalue weighted by atomic mass is 10.0. The quantitative estimate of drug-likeness (QED) is 0.895. The topological polar surface area (TPSA) is 79.4 Å². The molecule has 0 saturated carbocycles. The van der Waals surface area contributed by atoms with E-state index in [0.717, 1.165) is 18.5 Å². The number of carbonyl (C=O) groups excluding carboxylic acids is 1. The first-order chi connectivity index (χ1) is 12.5. The molecule has 1 amide bonds. The van der Waals surface area contributed by atoms with Crippen molar-refractivity contribution in [3.05, 3.63) is 53.9 Å². The number of aryl methyl sites for hydroxylation is 1. The molecule has 26 heavy (non-hydrogen) atoms. The first-order valence-corrected chi connectivity index (χ1v) is 10.7. The molecule has 1 aromatic carbocycles. The summed E-state index contributed by atoms with van der Waals surface area (Å²) in [5, 5.41) is 3.20. The van der Waals surface area contributed by atoms with Gasteiger partial charge in [0.2, 0.25) is 0 Å². The smallest absolute Gasteiger partial charge is 0.259 e. The summed E-state index contributed by atoms with van der Waals surface area (Å²) in [4.78, 5) is 19.0. The van der Waals surface area contributed by atoms with Crippen LogP contribution in [0.25, 0.3) is 0 Å². The average molecular weight is 371 g/mol. The average Bonchev–Trinajstić information content (AvgIpc) is 2.99. The number of aromatic nitrogens is 1. The minimum Gasteiger partial charge on any atom is -0.380 e. The largest absolute Gasteiger partial charge is 0.380 e. The Bertz CT molecular complexity index is 943. The minimum absolute atomic E-state index is 0.0765. The maximum Gasteiger partial charge on any atom is 0.259 e. The van der Waals surface area contributed by atoms with E-state index in [0.29, 0.717) is 24.2 Å². The Morgan fingerprint density at radius 3 is 2.88 bits per heavy atom. The van der Waals surface area contributed by atoms with Gasteiger partial charge in [-0.05, 0) is 37.0 Å². The third-order valence-corrected chi connectivity index (χ3v) is 6.71. The van der Waals surface area contributed by atoms with Crippen LogP contribution >= 0.6 is 0 Å². The highest BCUT2D eigenvalue weighted by molar-refractivity contribution is 7.91. The Labute approximate surface area is 153 Å². The van der Waals surface area contributed by atoms with Gasteiger partial charge in [0, 0.05) is 30.7 Å². The maximum atomic E-state index is 13.0. The van der Waals surface area contributed by atoms with Crippen LogP contribution in [0.4, 0.5) is 11.4 Å². The SMILES string of the molecule is O=C(c1cncc(NC2CCS(=O)(=O)C2)c1)N1CCCc2ccccc21. The zero-order valence-electron chi connectivity index (χ0n) is 14.4. The monoisotopic (exact) mass is 371 g/mol. The Balaban J connectivity index is 1.54. The number of fused-ring (bicyclic) bond motifs is 1. The molecule has 3 heterocycles. The summed E-state index contributed by atoms with van der Waals surface area (Å²) in [6.45, 7) is 0.689. The maximum absolute atomic E-state index is 13.0. The lowest BCUT2D eigenvalue weighted by molar-refractivity contribution is 0.0985. The van der Waals surface area contributed by atoms with E-state index in [9.17, 15) is 13.2 Å². The fourth-order valence-electron chi connectivity index (χ4n) is 3.68. The van der Waals surface area contributed by atoms with Gasteiger partial charge in [-0.1, -0.05) is 18.2 Å². The van der Waals surface area contributed by atoms with Crippen molar-refractivity contribution in [3.8, 4) is 0 Å². The van der Waals surface area contributed by atoms with Gasteiger partial charge in [-0.2, -0.15) is 0 Å². The number of hydrogen-bond donors (Lipinski definition) is 1. The molecule has 6 nitrogen and oxygen atoms in total. The van der Waals surface area contributed by atoms with Crippen molar-refractivity contribution in [1.82, 2.24) is 4.98 Å².